The van der Waals surface area contributed by atoms with Crippen molar-refractivity contribution in [3.8, 4) is 5.75 Å². The fourth-order valence-corrected chi connectivity index (χ4v) is 5.59. The van der Waals surface area contributed by atoms with E-state index in [1.807, 2.05) is 0 Å². The van der Waals surface area contributed by atoms with Crippen molar-refractivity contribution in [3.05, 3.63) is 80.1 Å². The van der Waals surface area contributed by atoms with Gasteiger partial charge in [0.1, 0.15) is 5.75 Å². The van der Waals surface area contributed by atoms with Gasteiger partial charge in [-0.15, -0.1) is 23.5 Å². The van der Waals surface area contributed by atoms with E-state index in [-0.39, 0.29) is 79.5 Å². The predicted molar refractivity (Wildman–Crippen MR) is 126 cm³/mol. The fraction of sp³-hybridized carbons (Fsp3) is 0.167. The first-order valence-electron chi connectivity index (χ1n) is 9.97. The third kappa shape index (κ3) is 4.08. The minimum atomic E-state index is -0.554. The van der Waals surface area contributed by atoms with Crippen LogP contribution in [0.25, 0.3) is 5.57 Å². The number of ketones is 4. The van der Waals surface area contributed by atoms with Gasteiger partial charge in [0.15, 0.2) is 11.6 Å². The van der Waals surface area contributed by atoms with Gasteiger partial charge >= 0.3 is 0 Å². The molecule has 9 heteroatoms. The molecule has 0 unspecified atom stereocenters. The Balaban J connectivity index is 1.78. The van der Waals surface area contributed by atoms with E-state index in [9.17, 15) is 29.4 Å². The van der Waals surface area contributed by atoms with Gasteiger partial charge in [-0.25, -0.2) is 0 Å². The summed E-state index contributed by atoms with van der Waals surface area (Å²) >= 11 is 2.13. The molecule has 4 rings (SSSR count). The first-order chi connectivity index (χ1) is 15.9. The van der Waals surface area contributed by atoms with Crippen LogP contribution in [0.3, 0.4) is 0 Å². The predicted octanol–water partition coefficient (Wildman–Crippen LogP) is 2.90. The van der Waals surface area contributed by atoms with Crippen LogP contribution in [0, 0.1) is 0 Å². The Hall–Kier alpha value is -2.98. The van der Waals surface area contributed by atoms with Gasteiger partial charge < -0.3 is 15.3 Å². The highest BCUT2D eigenvalue weighted by Gasteiger charge is 2.35. The summed E-state index contributed by atoms with van der Waals surface area (Å²) in [7, 11) is 0. The van der Waals surface area contributed by atoms with Crippen LogP contribution in [0.5, 0.6) is 5.75 Å². The molecule has 0 saturated carbocycles. The lowest BCUT2D eigenvalue weighted by Gasteiger charge is -2.22. The molecule has 33 heavy (non-hydrogen) atoms. The lowest BCUT2D eigenvalue weighted by molar-refractivity contribution is 0.0988. The first-order valence-corrected chi connectivity index (χ1v) is 11.9. The normalized spacial score (nSPS) is 15.5. The number of aliphatic hydroxyl groups excluding tert-OH is 2. The maximum Gasteiger partial charge on any atom is 0.201 e. The van der Waals surface area contributed by atoms with Crippen molar-refractivity contribution >= 4 is 52.2 Å². The summed E-state index contributed by atoms with van der Waals surface area (Å²) in [6.45, 7) is -0.356. The molecule has 2 aromatic carbocycles. The molecule has 0 amide bonds. The fourth-order valence-electron chi connectivity index (χ4n) is 3.71. The van der Waals surface area contributed by atoms with Crippen LogP contribution < -0.4 is 0 Å². The van der Waals surface area contributed by atoms with E-state index in [1.54, 1.807) is 0 Å². The summed E-state index contributed by atoms with van der Waals surface area (Å²) < 4.78 is 0. The third-order valence-corrected chi connectivity index (χ3v) is 7.43. The van der Waals surface area contributed by atoms with Crippen LogP contribution in [0.15, 0.2) is 52.3 Å². The molecule has 0 fully saturated rings. The molecule has 2 aliphatic carbocycles. The first kappa shape index (κ1) is 23.2. The Kier molecular flexibility index (Phi) is 6.66. The minimum Gasteiger partial charge on any atom is -0.507 e. The summed E-state index contributed by atoms with van der Waals surface area (Å²) in [5.41, 5.74) is 0.559. The molecule has 0 radical (unpaired) electrons. The van der Waals surface area contributed by atoms with E-state index >= 15 is 0 Å². The number of phenols is 1. The molecular formula is C24H18O7S2. The van der Waals surface area contributed by atoms with Crippen LogP contribution in [0.1, 0.15) is 47.0 Å². The number of allylic oxidation sites excluding steroid dienone is 4. The summed E-state index contributed by atoms with van der Waals surface area (Å²) in [5.74, 6) is -1.67. The second-order valence-corrected chi connectivity index (χ2v) is 9.38. The minimum absolute atomic E-state index is 0.0195. The summed E-state index contributed by atoms with van der Waals surface area (Å²) in [4.78, 5) is 52.4. The van der Waals surface area contributed by atoms with Gasteiger partial charge in [0.2, 0.25) is 11.6 Å². The Labute approximate surface area is 197 Å². The van der Waals surface area contributed by atoms with Gasteiger partial charge in [0.25, 0.3) is 0 Å². The highest BCUT2D eigenvalue weighted by Crippen LogP contribution is 2.40. The van der Waals surface area contributed by atoms with Crippen molar-refractivity contribution in [3.63, 3.8) is 0 Å². The van der Waals surface area contributed by atoms with Gasteiger partial charge in [0, 0.05) is 33.8 Å². The Bertz CT molecular complexity index is 1270. The van der Waals surface area contributed by atoms with E-state index in [0.717, 1.165) is 23.5 Å². The van der Waals surface area contributed by atoms with E-state index in [0.29, 0.717) is 0 Å². The van der Waals surface area contributed by atoms with E-state index in [4.69, 9.17) is 5.11 Å². The molecule has 0 bridgehead atoms. The average Bonchev–Trinajstić information content (AvgIpc) is 2.81. The number of aromatic hydroxyl groups is 1. The maximum absolute atomic E-state index is 13.3. The number of hydrogen-bond donors (Lipinski definition) is 3. The number of benzene rings is 2. The molecule has 7 nitrogen and oxygen atoms in total. The topological polar surface area (TPSA) is 129 Å². The SMILES string of the molecule is O=C1C(SCCO)=C(SCCO)C(=O)c2cc(C3=CC(=O)c4cccc(O)c4C3=O)ccc21. The van der Waals surface area contributed by atoms with E-state index < -0.39 is 17.3 Å². The van der Waals surface area contributed by atoms with Gasteiger partial charge in [-0.05, 0) is 29.8 Å². The number of carbonyl (C=O) groups excluding carboxylic acids is 4. The quantitative estimate of drug-likeness (QED) is 0.545. The zero-order chi connectivity index (χ0) is 23.7. The molecule has 2 aliphatic rings. The lowest BCUT2D eigenvalue weighted by Crippen LogP contribution is -2.21. The van der Waals surface area contributed by atoms with Gasteiger partial charge in [0.05, 0.1) is 28.6 Å². The van der Waals surface area contributed by atoms with Crippen molar-refractivity contribution in [2.24, 2.45) is 0 Å². The number of rotatable bonds is 7. The molecule has 168 valence electrons. The molecule has 0 saturated heterocycles. The van der Waals surface area contributed by atoms with Crippen molar-refractivity contribution in [2.75, 3.05) is 24.7 Å². The van der Waals surface area contributed by atoms with Gasteiger partial charge in [-0.3, -0.25) is 19.2 Å². The van der Waals surface area contributed by atoms with Crippen molar-refractivity contribution in [1.29, 1.82) is 0 Å². The molecule has 0 atom stereocenters. The van der Waals surface area contributed by atoms with Gasteiger partial charge in [-0.1, -0.05) is 18.2 Å². The largest absolute Gasteiger partial charge is 0.507 e. The number of aliphatic hydroxyl groups is 2. The number of fused-ring (bicyclic) bond motifs is 2. The highest BCUT2D eigenvalue weighted by atomic mass is 32.2. The molecule has 0 spiro atoms. The Morgan fingerprint density at radius 3 is 2.00 bits per heavy atom. The van der Waals surface area contributed by atoms with Crippen molar-refractivity contribution in [1.82, 2.24) is 0 Å². The smallest absolute Gasteiger partial charge is 0.201 e. The Morgan fingerprint density at radius 1 is 0.727 bits per heavy atom. The van der Waals surface area contributed by atoms with Crippen LogP contribution in [-0.4, -0.2) is 63.2 Å². The Morgan fingerprint density at radius 2 is 1.36 bits per heavy atom. The highest BCUT2D eigenvalue weighted by molar-refractivity contribution is 8.08. The van der Waals surface area contributed by atoms with Gasteiger partial charge in [-0.2, -0.15) is 0 Å². The molecule has 0 aliphatic heterocycles. The summed E-state index contributed by atoms with van der Waals surface area (Å²) in [5, 5.41) is 28.5. The average molecular weight is 483 g/mol. The maximum atomic E-state index is 13.3. The zero-order valence-corrected chi connectivity index (χ0v) is 18.8. The third-order valence-electron chi connectivity index (χ3n) is 5.17. The molecule has 0 aromatic heterocycles. The van der Waals surface area contributed by atoms with Crippen molar-refractivity contribution in [2.45, 2.75) is 0 Å². The summed E-state index contributed by atoms with van der Waals surface area (Å²) in [6, 6.07) is 8.60. The molecule has 3 N–H and O–H groups in total. The molecular weight excluding hydrogens is 464 g/mol. The van der Waals surface area contributed by atoms with Crippen LogP contribution in [0.2, 0.25) is 0 Å². The van der Waals surface area contributed by atoms with Crippen LogP contribution in [0.4, 0.5) is 0 Å². The lowest BCUT2D eigenvalue weighted by atomic mass is 9.83. The standard InChI is InChI=1S/C24H18O7S2/c25-6-8-32-23-21(30)13-5-4-12(10-16(13)22(31)24(23)33-9-7-26)15-11-18(28)14-2-1-3-17(27)19(14)20(15)29/h1-5,10-11,25-27H,6-9H2. The molecule has 2 aromatic rings. The zero-order valence-electron chi connectivity index (χ0n) is 17.2. The summed E-state index contributed by atoms with van der Waals surface area (Å²) in [6.07, 6.45) is 1.17. The van der Waals surface area contributed by atoms with E-state index in [1.165, 1.54) is 42.5 Å². The monoisotopic (exact) mass is 482 g/mol. The second-order valence-electron chi connectivity index (χ2n) is 7.17. The number of hydrogen-bond acceptors (Lipinski definition) is 9. The number of carbonyl (C=O) groups is 4. The van der Waals surface area contributed by atoms with E-state index in [2.05, 4.69) is 0 Å². The number of thioether (sulfide) groups is 2. The van der Waals surface area contributed by atoms with Crippen molar-refractivity contribution < 1.29 is 34.5 Å². The second kappa shape index (κ2) is 9.48. The van der Waals surface area contributed by atoms with Crippen LogP contribution in [-0.2, 0) is 0 Å². The van der Waals surface area contributed by atoms with Crippen LogP contribution >= 0.6 is 23.5 Å². The number of Topliss-reactive ketones (excluding diaryl/α,β-unsaturated/α-hetero) is 3. The number of phenolic OH excluding ortho intramolecular Hbond substituents is 1. The molecule has 0 heterocycles.